The van der Waals surface area contributed by atoms with Crippen LogP contribution in [0.3, 0.4) is 0 Å². The molecule has 0 bridgehead atoms. The van der Waals surface area contributed by atoms with Gasteiger partial charge in [0.15, 0.2) is 0 Å². The van der Waals surface area contributed by atoms with E-state index in [9.17, 15) is 9.59 Å². The first-order chi connectivity index (χ1) is 10.1. The Kier molecular flexibility index (Phi) is 4.83. The number of rotatable bonds is 3. The summed E-state index contributed by atoms with van der Waals surface area (Å²) in [5, 5.41) is 0. The number of benzene rings is 1. The molecule has 1 aliphatic rings. The number of nitrogens with zero attached hydrogens (tertiary/aromatic N) is 1. The van der Waals surface area contributed by atoms with Crippen molar-refractivity contribution < 1.29 is 19.1 Å². The average Bonchev–Trinajstić information content (AvgIpc) is 2.54. The van der Waals surface area contributed by atoms with Gasteiger partial charge in [0.2, 0.25) is 0 Å². The minimum absolute atomic E-state index is 0.150. The van der Waals surface area contributed by atoms with Crippen LogP contribution >= 0.6 is 0 Å². The molecule has 5 nitrogen and oxygen atoms in total. The fourth-order valence-electron chi connectivity index (χ4n) is 2.67. The van der Waals surface area contributed by atoms with Crippen LogP contribution in [-0.2, 0) is 9.53 Å². The normalized spacial score (nSPS) is 18.2. The second kappa shape index (κ2) is 6.61. The summed E-state index contributed by atoms with van der Waals surface area (Å²) in [5.74, 6) is 0.179. The van der Waals surface area contributed by atoms with Crippen LogP contribution in [0.25, 0.3) is 0 Å². The molecule has 0 aliphatic carbocycles. The zero-order chi connectivity index (χ0) is 15.4. The summed E-state index contributed by atoms with van der Waals surface area (Å²) in [5.41, 5.74) is 1.51. The molecule has 0 unspecified atom stereocenters. The minimum atomic E-state index is -0.483. The van der Waals surface area contributed by atoms with Crippen LogP contribution in [-0.4, -0.2) is 43.6 Å². The summed E-state index contributed by atoms with van der Waals surface area (Å²) in [6.07, 6.45) is 2.49. The van der Waals surface area contributed by atoms with E-state index in [4.69, 9.17) is 9.47 Å². The summed E-state index contributed by atoms with van der Waals surface area (Å²) in [6.45, 7) is 2.50. The molecule has 2 rings (SSSR count). The Morgan fingerprint density at radius 1 is 1.24 bits per heavy atom. The number of hydrogen-bond donors (Lipinski definition) is 0. The number of likely N-dealkylation sites (tertiary alicyclic amines) is 1. The Hall–Kier alpha value is -2.04. The van der Waals surface area contributed by atoms with Gasteiger partial charge >= 0.3 is 5.97 Å². The number of methoxy groups -OCH3 is 2. The predicted octanol–water partition coefficient (Wildman–Crippen LogP) is 2.17. The van der Waals surface area contributed by atoms with Gasteiger partial charge in [-0.25, -0.2) is 4.79 Å². The summed E-state index contributed by atoms with van der Waals surface area (Å²) < 4.78 is 10.1. The number of ether oxygens (including phenoxy) is 2. The molecule has 114 valence electrons. The molecule has 1 fully saturated rings. The Balaban J connectivity index is 2.26. The molecule has 5 heteroatoms. The monoisotopic (exact) mass is 291 g/mol. The van der Waals surface area contributed by atoms with Gasteiger partial charge in [-0.2, -0.15) is 0 Å². The number of piperidine rings is 1. The fourth-order valence-corrected chi connectivity index (χ4v) is 2.67. The third kappa shape index (κ3) is 3.17. The molecule has 1 atom stereocenters. The molecule has 0 radical (unpaired) electrons. The van der Waals surface area contributed by atoms with Gasteiger partial charge in [0.1, 0.15) is 11.8 Å². The Morgan fingerprint density at radius 3 is 2.67 bits per heavy atom. The van der Waals surface area contributed by atoms with Crippen molar-refractivity contribution in [3.05, 3.63) is 29.3 Å². The molecule has 0 spiro atoms. The van der Waals surface area contributed by atoms with Crippen molar-refractivity contribution in [1.82, 2.24) is 4.90 Å². The molecule has 1 aromatic rings. The van der Waals surface area contributed by atoms with Gasteiger partial charge in [-0.3, -0.25) is 4.79 Å². The highest BCUT2D eigenvalue weighted by molar-refractivity contribution is 5.97. The number of aryl methyl sites for hydroxylation is 1. The van der Waals surface area contributed by atoms with Gasteiger partial charge < -0.3 is 14.4 Å². The molecule has 1 amide bonds. The van der Waals surface area contributed by atoms with Crippen molar-refractivity contribution >= 4 is 11.9 Å². The highest BCUT2D eigenvalue weighted by Crippen LogP contribution is 2.24. The van der Waals surface area contributed by atoms with Crippen molar-refractivity contribution in [3.63, 3.8) is 0 Å². The second-order valence-electron chi connectivity index (χ2n) is 5.22. The summed E-state index contributed by atoms with van der Waals surface area (Å²) >= 11 is 0. The van der Waals surface area contributed by atoms with Gasteiger partial charge in [0, 0.05) is 12.1 Å². The fraction of sp³-hybridized carbons (Fsp3) is 0.500. The van der Waals surface area contributed by atoms with Crippen molar-refractivity contribution in [2.45, 2.75) is 32.2 Å². The molecular formula is C16H21NO4. The standard InChI is InChI=1S/C16H21NO4/c1-11-7-8-12(10-14(11)20-2)15(18)17-9-5-4-6-13(17)16(19)21-3/h7-8,10,13H,4-6,9H2,1-3H3/t13-/m0/s1. The number of amides is 1. The van der Waals surface area contributed by atoms with Gasteiger partial charge in [0.05, 0.1) is 14.2 Å². The van der Waals surface area contributed by atoms with E-state index in [0.717, 1.165) is 18.4 Å². The SMILES string of the molecule is COC(=O)[C@@H]1CCCCN1C(=O)c1ccc(C)c(OC)c1. The van der Waals surface area contributed by atoms with E-state index in [2.05, 4.69) is 0 Å². The molecule has 1 heterocycles. The minimum Gasteiger partial charge on any atom is -0.496 e. The van der Waals surface area contributed by atoms with E-state index in [1.165, 1.54) is 7.11 Å². The Morgan fingerprint density at radius 2 is 2.00 bits per heavy atom. The second-order valence-corrected chi connectivity index (χ2v) is 5.22. The van der Waals surface area contributed by atoms with Gasteiger partial charge in [-0.05, 0) is 43.9 Å². The predicted molar refractivity (Wildman–Crippen MR) is 78.4 cm³/mol. The zero-order valence-corrected chi connectivity index (χ0v) is 12.7. The van der Waals surface area contributed by atoms with E-state index in [0.29, 0.717) is 24.3 Å². The van der Waals surface area contributed by atoms with Crippen LogP contribution in [0.1, 0.15) is 35.2 Å². The van der Waals surface area contributed by atoms with E-state index >= 15 is 0 Å². The van der Waals surface area contributed by atoms with Gasteiger partial charge in [-0.15, -0.1) is 0 Å². The molecule has 1 saturated heterocycles. The number of carbonyl (C=O) groups excluding carboxylic acids is 2. The maximum atomic E-state index is 12.7. The van der Waals surface area contributed by atoms with Crippen LogP contribution in [0.4, 0.5) is 0 Å². The van der Waals surface area contributed by atoms with Crippen molar-refractivity contribution in [2.75, 3.05) is 20.8 Å². The Bertz CT molecular complexity index is 541. The first-order valence-electron chi connectivity index (χ1n) is 7.12. The topological polar surface area (TPSA) is 55.8 Å². The highest BCUT2D eigenvalue weighted by atomic mass is 16.5. The van der Waals surface area contributed by atoms with E-state index < -0.39 is 6.04 Å². The van der Waals surface area contributed by atoms with Crippen LogP contribution in [0, 0.1) is 6.92 Å². The molecule has 0 aromatic heterocycles. The number of esters is 1. The summed E-state index contributed by atoms with van der Waals surface area (Å²) in [4.78, 5) is 26.1. The molecule has 1 aromatic carbocycles. The lowest BCUT2D eigenvalue weighted by Crippen LogP contribution is -2.48. The van der Waals surface area contributed by atoms with Gasteiger partial charge in [0.25, 0.3) is 5.91 Å². The molecule has 0 N–H and O–H groups in total. The van der Waals surface area contributed by atoms with Crippen LogP contribution < -0.4 is 4.74 Å². The molecule has 1 aliphatic heterocycles. The van der Waals surface area contributed by atoms with Crippen LogP contribution in [0.15, 0.2) is 18.2 Å². The lowest BCUT2D eigenvalue weighted by molar-refractivity contribution is -0.147. The van der Waals surface area contributed by atoms with E-state index in [1.807, 2.05) is 13.0 Å². The molecule has 0 saturated carbocycles. The smallest absolute Gasteiger partial charge is 0.328 e. The van der Waals surface area contributed by atoms with Crippen LogP contribution in [0.2, 0.25) is 0 Å². The van der Waals surface area contributed by atoms with Crippen molar-refractivity contribution in [3.8, 4) is 5.75 Å². The zero-order valence-electron chi connectivity index (χ0n) is 12.7. The number of carbonyl (C=O) groups is 2. The third-order valence-electron chi connectivity index (χ3n) is 3.89. The first-order valence-corrected chi connectivity index (χ1v) is 7.12. The highest BCUT2D eigenvalue weighted by Gasteiger charge is 2.33. The molecular weight excluding hydrogens is 270 g/mol. The van der Waals surface area contributed by atoms with E-state index in [-0.39, 0.29) is 11.9 Å². The van der Waals surface area contributed by atoms with Crippen LogP contribution in [0.5, 0.6) is 5.75 Å². The first kappa shape index (κ1) is 15.4. The lowest BCUT2D eigenvalue weighted by atomic mass is 10.0. The largest absolute Gasteiger partial charge is 0.496 e. The summed E-state index contributed by atoms with van der Waals surface area (Å²) in [6, 6.07) is 4.86. The maximum Gasteiger partial charge on any atom is 0.328 e. The van der Waals surface area contributed by atoms with Gasteiger partial charge in [-0.1, -0.05) is 6.07 Å². The molecule has 21 heavy (non-hydrogen) atoms. The lowest BCUT2D eigenvalue weighted by Gasteiger charge is -2.33. The summed E-state index contributed by atoms with van der Waals surface area (Å²) in [7, 11) is 2.93. The number of hydrogen-bond acceptors (Lipinski definition) is 4. The quantitative estimate of drug-likeness (QED) is 0.801. The average molecular weight is 291 g/mol. The van der Waals surface area contributed by atoms with E-state index in [1.54, 1.807) is 24.1 Å². The third-order valence-corrected chi connectivity index (χ3v) is 3.89. The maximum absolute atomic E-state index is 12.7. The van der Waals surface area contributed by atoms with Crippen molar-refractivity contribution in [2.24, 2.45) is 0 Å². The van der Waals surface area contributed by atoms with Crippen molar-refractivity contribution in [1.29, 1.82) is 0 Å². The Labute approximate surface area is 124 Å².